The molecule has 0 heterocycles. The first-order valence-corrected chi connectivity index (χ1v) is 6.77. The van der Waals surface area contributed by atoms with E-state index in [1.807, 2.05) is 26.2 Å². The van der Waals surface area contributed by atoms with Crippen LogP contribution in [-0.2, 0) is 0 Å². The van der Waals surface area contributed by atoms with Gasteiger partial charge < -0.3 is 15.3 Å². The van der Waals surface area contributed by atoms with Gasteiger partial charge in [-0.15, -0.1) is 0 Å². The number of carbonyl (C=O) groups excluding carboxylic acids is 1. The number of amides is 1. The minimum absolute atomic E-state index is 0.113. The van der Waals surface area contributed by atoms with Crippen molar-refractivity contribution in [1.82, 2.24) is 10.2 Å². The molecule has 108 valence electrons. The molecule has 0 bridgehead atoms. The van der Waals surface area contributed by atoms with E-state index < -0.39 is 0 Å². The lowest BCUT2D eigenvalue weighted by atomic mass is 10.1. The molecular formula is C16H22N2O2. The number of hydrogen-bond acceptors (Lipinski definition) is 3. The molecule has 0 saturated heterocycles. The van der Waals surface area contributed by atoms with Crippen LogP contribution in [0.2, 0.25) is 0 Å². The van der Waals surface area contributed by atoms with E-state index in [0.29, 0.717) is 17.7 Å². The van der Waals surface area contributed by atoms with Gasteiger partial charge in [0.05, 0.1) is 5.56 Å². The number of aliphatic hydroxyl groups is 1. The van der Waals surface area contributed by atoms with Crippen molar-refractivity contribution < 1.29 is 9.90 Å². The Labute approximate surface area is 120 Å². The number of rotatable bonds is 6. The minimum Gasteiger partial charge on any atom is -0.384 e. The van der Waals surface area contributed by atoms with E-state index in [2.05, 4.69) is 22.1 Å². The van der Waals surface area contributed by atoms with Crippen molar-refractivity contribution in [3.05, 3.63) is 35.4 Å². The maximum absolute atomic E-state index is 12.1. The summed E-state index contributed by atoms with van der Waals surface area (Å²) in [6.45, 7) is 1.48. The maximum Gasteiger partial charge on any atom is 0.252 e. The van der Waals surface area contributed by atoms with Crippen LogP contribution in [-0.4, -0.2) is 49.7 Å². The Hall–Kier alpha value is -1.83. The Bertz CT molecular complexity index is 487. The molecule has 4 nitrogen and oxygen atoms in total. The Kier molecular flexibility index (Phi) is 7.41. The van der Waals surface area contributed by atoms with Crippen molar-refractivity contribution in [3.8, 4) is 11.8 Å². The molecule has 0 radical (unpaired) electrons. The molecule has 1 aromatic carbocycles. The SMILES string of the molecule is CN(C)CCCCNC(=O)c1ccccc1C#CCO. The molecule has 4 heteroatoms. The van der Waals surface area contributed by atoms with E-state index in [0.717, 1.165) is 19.4 Å². The Morgan fingerprint density at radius 2 is 2.05 bits per heavy atom. The number of aliphatic hydroxyl groups excluding tert-OH is 1. The molecule has 0 fully saturated rings. The number of nitrogens with zero attached hydrogens (tertiary/aromatic N) is 1. The third kappa shape index (κ3) is 5.87. The van der Waals surface area contributed by atoms with E-state index in [9.17, 15) is 4.79 Å². The van der Waals surface area contributed by atoms with Crippen LogP contribution >= 0.6 is 0 Å². The summed E-state index contributed by atoms with van der Waals surface area (Å²) in [5.41, 5.74) is 1.20. The average molecular weight is 274 g/mol. The number of carbonyl (C=O) groups is 1. The van der Waals surface area contributed by atoms with Gasteiger partial charge in [-0.05, 0) is 45.6 Å². The van der Waals surface area contributed by atoms with Gasteiger partial charge in [-0.25, -0.2) is 0 Å². The fourth-order valence-corrected chi connectivity index (χ4v) is 1.78. The molecule has 1 rings (SSSR count). The zero-order valence-electron chi connectivity index (χ0n) is 12.1. The summed E-state index contributed by atoms with van der Waals surface area (Å²) >= 11 is 0. The topological polar surface area (TPSA) is 52.6 Å². The summed E-state index contributed by atoms with van der Waals surface area (Å²) in [5, 5.41) is 11.6. The normalized spacial score (nSPS) is 10.0. The largest absolute Gasteiger partial charge is 0.384 e. The molecule has 0 unspecified atom stereocenters. The van der Waals surface area contributed by atoms with Crippen molar-refractivity contribution in [2.45, 2.75) is 12.8 Å². The fraction of sp³-hybridized carbons (Fsp3) is 0.438. The second-order valence-electron chi connectivity index (χ2n) is 4.77. The van der Waals surface area contributed by atoms with Crippen LogP contribution in [0.1, 0.15) is 28.8 Å². The lowest BCUT2D eigenvalue weighted by Gasteiger charge is -2.10. The van der Waals surface area contributed by atoms with Gasteiger partial charge in [0.2, 0.25) is 0 Å². The number of benzene rings is 1. The van der Waals surface area contributed by atoms with E-state index >= 15 is 0 Å². The summed E-state index contributed by atoms with van der Waals surface area (Å²) < 4.78 is 0. The molecule has 0 saturated carbocycles. The number of unbranched alkanes of at least 4 members (excludes halogenated alkanes) is 1. The minimum atomic E-state index is -0.208. The van der Waals surface area contributed by atoms with Gasteiger partial charge in [0, 0.05) is 12.1 Å². The van der Waals surface area contributed by atoms with Crippen LogP contribution in [0.25, 0.3) is 0 Å². The molecule has 0 aliphatic heterocycles. The Morgan fingerprint density at radius 3 is 2.75 bits per heavy atom. The first kappa shape index (κ1) is 16.2. The van der Waals surface area contributed by atoms with Crippen molar-refractivity contribution in [2.24, 2.45) is 0 Å². The highest BCUT2D eigenvalue weighted by Gasteiger charge is 2.08. The summed E-state index contributed by atoms with van der Waals surface area (Å²) in [6.07, 6.45) is 2.01. The first-order chi connectivity index (χ1) is 9.65. The molecule has 0 aliphatic rings. The van der Waals surface area contributed by atoms with E-state index in [4.69, 9.17) is 5.11 Å². The van der Waals surface area contributed by atoms with Gasteiger partial charge in [0.25, 0.3) is 5.91 Å². The van der Waals surface area contributed by atoms with Crippen LogP contribution in [0, 0.1) is 11.8 Å². The lowest BCUT2D eigenvalue weighted by Crippen LogP contribution is -2.26. The zero-order chi connectivity index (χ0) is 14.8. The molecule has 0 aromatic heterocycles. The molecule has 20 heavy (non-hydrogen) atoms. The number of hydrogen-bond donors (Lipinski definition) is 2. The van der Waals surface area contributed by atoms with E-state index in [-0.39, 0.29) is 12.5 Å². The monoisotopic (exact) mass is 274 g/mol. The predicted molar refractivity (Wildman–Crippen MR) is 80.5 cm³/mol. The fourth-order valence-electron chi connectivity index (χ4n) is 1.78. The van der Waals surface area contributed by atoms with Gasteiger partial charge in [-0.1, -0.05) is 24.0 Å². The summed E-state index contributed by atoms with van der Waals surface area (Å²) in [6, 6.07) is 7.17. The molecule has 0 aliphatic carbocycles. The maximum atomic E-state index is 12.1. The summed E-state index contributed by atoms with van der Waals surface area (Å²) in [5.74, 6) is 5.25. The van der Waals surface area contributed by atoms with E-state index in [1.165, 1.54) is 0 Å². The highest BCUT2D eigenvalue weighted by Crippen LogP contribution is 2.07. The highest BCUT2D eigenvalue weighted by atomic mass is 16.2. The van der Waals surface area contributed by atoms with Crippen LogP contribution in [0.3, 0.4) is 0 Å². The summed E-state index contributed by atoms with van der Waals surface area (Å²) in [7, 11) is 4.07. The van der Waals surface area contributed by atoms with Gasteiger partial charge in [-0.2, -0.15) is 0 Å². The zero-order valence-corrected chi connectivity index (χ0v) is 12.1. The van der Waals surface area contributed by atoms with Crippen LogP contribution in [0.5, 0.6) is 0 Å². The van der Waals surface area contributed by atoms with Crippen molar-refractivity contribution in [2.75, 3.05) is 33.8 Å². The van der Waals surface area contributed by atoms with Crippen molar-refractivity contribution >= 4 is 5.91 Å². The third-order valence-corrected chi connectivity index (χ3v) is 2.79. The molecule has 1 aromatic rings. The van der Waals surface area contributed by atoms with Crippen molar-refractivity contribution in [3.63, 3.8) is 0 Å². The van der Waals surface area contributed by atoms with Crippen LogP contribution in [0.15, 0.2) is 24.3 Å². The first-order valence-electron chi connectivity index (χ1n) is 6.77. The molecule has 1 amide bonds. The van der Waals surface area contributed by atoms with Gasteiger partial charge >= 0.3 is 0 Å². The van der Waals surface area contributed by atoms with Gasteiger partial charge in [-0.3, -0.25) is 4.79 Å². The van der Waals surface area contributed by atoms with Crippen molar-refractivity contribution in [1.29, 1.82) is 0 Å². The molecule has 0 atom stereocenters. The molecule has 0 spiro atoms. The van der Waals surface area contributed by atoms with Crippen LogP contribution < -0.4 is 5.32 Å². The second-order valence-corrected chi connectivity index (χ2v) is 4.77. The van der Waals surface area contributed by atoms with Gasteiger partial charge in [0.15, 0.2) is 0 Å². The molecular weight excluding hydrogens is 252 g/mol. The third-order valence-electron chi connectivity index (χ3n) is 2.79. The Balaban J connectivity index is 2.51. The highest BCUT2D eigenvalue weighted by molar-refractivity contribution is 5.96. The quantitative estimate of drug-likeness (QED) is 0.603. The van der Waals surface area contributed by atoms with Crippen LogP contribution in [0.4, 0.5) is 0 Å². The number of nitrogens with one attached hydrogen (secondary N) is 1. The summed E-state index contributed by atoms with van der Waals surface area (Å²) in [4.78, 5) is 14.2. The second kappa shape index (κ2) is 9.13. The molecule has 2 N–H and O–H groups in total. The predicted octanol–water partition coefficient (Wildman–Crippen LogP) is 1.10. The Morgan fingerprint density at radius 1 is 1.30 bits per heavy atom. The van der Waals surface area contributed by atoms with Gasteiger partial charge in [0.1, 0.15) is 6.61 Å². The lowest BCUT2D eigenvalue weighted by molar-refractivity contribution is 0.0952. The standard InChI is InChI=1S/C16H22N2O2/c1-18(2)12-6-5-11-17-16(20)15-10-4-3-8-14(15)9-7-13-19/h3-4,8,10,19H,5-6,11-13H2,1-2H3,(H,17,20). The average Bonchev–Trinajstić information content (AvgIpc) is 2.44. The van der Waals surface area contributed by atoms with E-state index in [1.54, 1.807) is 12.1 Å². The smallest absolute Gasteiger partial charge is 0.252 e.